The van der Waals surface area contributed by atoms with Crippen LogP contribution >= 0.6 is 0 Å². The first-order valence-electron chi connectivity index (χ1n) is 4.31. The third kappa shape index (κ3) is 2.70. The van der Waals surface area contributed by atoms with E-state index in [1.54, 1.807) is 0 Å². The predicted molar refractivity (Wildman–Crippen MR) is 53.7 cm³/mol. The summed E-state index contributed by atoms with van der Waals surface area (Å²) in [6.45, 7) is 7.97. The maximum Gasteiger partial charge on any atom is 0.144 e. The summed E-state index contributed by atoms with van der Waals surface area (Å²) in [6.07, 6.45) is 4.25. The van der Waals surface area contributed by atoms with Gasteiger partial charge in [0.1, 0.15) is 11.0 Å². The number of nitrogens with zero attached hydrogens (tertiary/aromatic N) is 1. The molecule has 0 aromatic carbocycles. The fourth-order valence-corrected chi connectivity index (χ4v) is 1.33. The molecule has 0 aromatic rings. The zero-order chi connectivity index (χ0) is 9.41. The van der Waals surface area contributed by atoms with Crippen LogP contribution in [0.15, 0.2) is 4.40 Å². The lowest BCUT2D eigenvalue weighted by Gasteiger charge is -2.13. The van der Waals surface area contributed by atoms with Gasteiger partial charge in [0, 0.05) is 11.6 Å². The van der Waals surface area contributed by atoms with Crippen molar-refractivity contribution in [3.63, 3.8) is 0 Å². The SMILES string of the molecule is CC1(C=NS(=O)C(C)(C)C)CC1. The summed E-state index contributed by atoms with van der Waals surface area (Å²) in [5, 5.41) is 0. The van der Waals surface area contributed by atoms with Crippen molar-refractivity contribution >= 4 is 17.2 Å². The molecule has 2 nitrogen and oxygen atoms in total. The van der Waals surface area contributed by atoms with E-state index >= 15 is 0 Å². The highest BCUT2D eigenvalue weighted by Gasteiger charge is 2.35. The summed E-state index contributed by atoms with van der Waals surface area (Å²) < 4.78 is 15.3. The van der Waals surface area contributed by atoms with E-state index < -0.39 is 11.0 Å². The number of hydrogen-bond acceptors (Lipinski definition) is 1. The Labute approximate surface area is 77.1 Å². The topological polar surface area (TPSA) is 29.4 Å². The first-order valence-corrected chi connectivity index (χ1v) is 5.41. The molecule has 1 rings (SSSR count). The Balaban J connectivity index is 2.51. The standard InChI is InChI=1S/C9H17NOS/c1-8(2,3)12(11)10-7-9(4)5-6-9/h7H,5-6H2,1-4H3. The highest BCUT2D eigenvalue weighted by molar-refractivity contribution is 7.85. The van der Waals surface area contributed by atoms with Crippen LogP contribution in [0, 0.1) is 5.41 Å². The molecule has 1 aliphatic carbocycles. The first-order chi connectivity index (χ1) is 5.33. The van der Waals surface area contributed by atoms with Gasteiger partial charge in [-0.05, 0) is 33.6 Å². The second-order valence-corrected chi connectivity index (χ2v) is 6.68. The molecular weight excluding hydrogens is 170 g/mol. The zero-order valence-electron chi connectivity index (χ0n) is 8.26. The summed E-state index contributed by atoms with van der Waals surface area (Å²) in [5.74, 6) is 0. The van der Waals surface area contributed by atoms with Gasteiger partial charge in [0.05, 0.1) is 4.75 Å². The van der Waals surface area contributed by atoms with E-state index in [0.717, 1.165) is 0 Å². The molecule has 0 amide bonds. The van der Waals surface area contributed by atoms with Crippen LogP contribution in [0.25, 0.3) is 0 Å². The van der Waals surface area contributed by atoms with Crippen molar-refractivity contribution in [3.05, 3.63) is 0 Å². The molecule has 70 valence electrons. The summed E-state index contributed by atoms with van der Waals surface area (Å²) in [6, 6.07) is 0. The molecule has 0 aromatic heterocycles. The smallest absolute Gasteiger partial charge is 0.144 e. The van der Waals surface area contributed by atoms with Crippen LogP contribution in [0.1, 0.15) is 40.5 Å². The average Bonchev–Trinajstić information content (AvgIpc) is 2.62. The Morgan fingerprint density at radius 2 is 1.92 bits per heavy atom. The Morgan fingerprint density at radius 1 is 1.42 bits per heavy atom. The summed E-state index contributed by atoms with van der Waals surface area (Å²) in [4.78, 5) is 0. The van der Waals surface area contributed by atoms with E-state index in [-0.39, 0.29) is 10.2 Å². The van der Waals surface area contributed by atoms with Gasteiger partial charge in [-0.25, -0.2) is 4.21 Å². The first kappa shape index (κ1) is 9.90. The largest absolute Gasteiger partial charge is 0.234 e. The third-order valence-electron chi connectivity index (χ3n) is 2.02. The fraction of sp³-hybridized carbons (Fsp3) is 0.889. The summed E-state index contributed by atoms with van der Waals surface area (Å²) in [7, 11) is -1.07. The van der Waals surface area contributed by atoms with Crippen LogP contribution in [-0.2, 0) is 11.0 Å². The molecule has 0 bridgehead atoms. The van der Waals surface area contributed by atoms with E-state index in [9.17, 15) is 4.21 Å². The molecule has 0 N–H and O–H groups in total. The van der Waals surface area contributed by atoms with Crippen LogP contribution in [0.3, 0.4) is 0 Å². The maximum absolute atomic E-state index is 11.5. The van der Waals surface area contributed by atoms with Crippen LogP contribution in [0.4, 0.5) is 0 Å². The molecule has 0 saturated heterocycles. The third-order valence-corrected chi connectivity index (χ3v) is 3.37. The summed E-state index contributed by atoms with van der Waals surface area (Å²) in [5.41, 5.74) is 0.265. The minimum absolute atomic E-state index is 0.220. The molecule has 3 heteroatoms. The highest BCUT2D eigenvalue weighted by Crippen LogP contribution is 2.43. The molecule has 1 fully saturated rings. The Bertz CT molecular complexity index is 223. The van der Waals surface area contributed by atoms with E-state index in [4.69, 9.17) is 0 Å². The van der Waals surface area contributed by atoms with Gasteiger partial charge in [0.2, 0.25) is 0 Å². The van der Waals surface area contributed by atoms with Crippen LogP contribution in [-0.4, -0.2) is 15.2 Å². The lowest BCUT2D eigenvalue weighted by Crippen LogP contribution is -2.20. The highest BCUT2D eigenvalue weighted by atomic mass is 32.2. The molecule has 1 aliphatic rings. The number of rotatable bonds is 2. The van der Waals surface area contributed by atoms with E-state index in [1.165, 1.54) is 12.8 Å². The van der Waals surface area contributed by atoms with E-state index in [0.29, 0.717) is 0 Å². The quantitative estimate of drug-likeness (QED) is 0.610. The molecule has 1 saturated carbocycles. The van der Waals surface area contributed by atoms with Gasteiger partial charge in [0.25, 0.3) is 0 Å². The van der Waals surface area contributed by atoms with Gasteiger partial charge < -0.3 is 0 Å². The van der Waals surface area contributed by atoms with E-state index in [2.05, 4.69) is 11.3 Å². The normalized spacial score (nSPS) is 24.3. The predicted octanol–water partition coefficient (Wildman–Crippen LogP) is 2.32. The molecule has 0 heterocycles. The van der Waals surface area contributed by atoms with Gasteiger partial charge in [0.15, 0.2) is 0 Å². The monoisotopic (exact) mass is 187 g/mol. The van der Waals surface area contributed by atoms with Crippen molar-refractivity contribution in [2.24, 2.45) is 9.81 Å². The molecule has 1 unspecified atom stereocenters. The maximum atomic E-state index is 11.5. The Morgan fingerprint density at radius 3 is 2.25 bits per heavy atom. The van der Waals surface area contributed by atoms with Crippen molar-refractivity contribution in [1.82, 2.24) is 0 Å². The minimum atomic E-state index is -1.07. The molecule has 1 atom stereocenters. The van der Waals surface area contributed by atoms with Crippen molar-refractivity contribution in [1.29, 1.82) is 0 Å². The molecule has 12 heavy (non-hydrogen) atoms. The molecular formula is C9H17NOS. The van der Waals surface area contributed by atoms with Crippen LogP contribution in [0.2, 0.25) is 0 Å². The summed E-state index contributed by atoms with van der Waals surface area (Å²) >= 11 is 0. The van der Waals surface area contributed by atoms with Gasteiger partial charge in [-0.2, -0.15) is 4.40 Å². The second kappa shape index (κ2) is 2.95. The fourth-order valence-electron chi connectivity index (χ4n) is 0.659. The zero-order valence-corrected chi connectivity index (χ0v) is 9.07. The van der Waals surface area contributed by atoms with Gasteiger partial charge in [-0.1, -0.05) is 6.92 Å². The average molecular weight is 187 g/mol. The van der Waals surface area contributed by atoms with Gasteiger partial charge in [-0.3, -0.25) is 0 Å². The Kier molecular flexibility index (Phi) is 2.43. The Hall–Kier alpha value is -0.180. The van der Waals surface area contributed by atoms with Crippen molar-refractivity contribution in [3.8, 4) is 0 Å². The molecule has 0 aliphatic heterocycles. The van der Waals surface area contributed by atoms with Crippen molar-refractivity contribution in [2.75, 3.05) is 0 Å². The lowest BCUT2D eigenvalue weighted by atomic mass is 10.2. The lowest BCUT2D eigenvalue weighted by molar-refractivity contribution is 0.650. The second-order valence-electron chi connectivity index (χ2n) is 4.75. The number of hydrogen-bond donors (Lipinski definition) is 0. The van der Waals surface area contributed by atoms with Crippen molar-refractivity contribution < 1.29 is 4.21 Å². The van der Waals surface area contributed by atoms with Crippen LogP contribution < -0.4 is 0 Å². The van der Waals surface area contributed by atoms with Gasteiger partial charge in [-0.15, -0.1) is 0 Å². The van der Waals surface area contributed by atoms with E-state index in [1.807, 2.05) is 27.0 Å². The van der Waals surface area contributed by atoms with Crippen molar-refractivity contribution in [2.45, 2.75) is 45.3 Å². The molecule has 0 spiro atoms. The molecule has 0 radical (unpaired) electrons. The minimum Gasteiger partial charge on any atom is -0.234 e. The van der Waals surface area contributed by atoms with Gasteiger partial charge >= 0.3 is 0 Å². The van der Waals surface area contributed by atoms with Crippen LogP contribution in [0.5, 0.6) is 0 Å².